The number of hydrogen-bond donors (Lipinski definition) is 0. The van der Waals surface area contributed by atoms with Crippen LogP contribution in [0.5, 0.6) is 0 Å². The molecular weight excluding hydrogens is 204 g/mol. The zero-order chi connectivity index (χ0) is 12.9. The Balaban J connectivity index is 3.41. The van der Waals surface area contributed by atoms with Gasteiger partial charge in [-0.2, -0.15) is 0 Å². The van der Waals surface area contributed by atoms with Crippen LogP contribution < -0.4 is 0 Å². The van der Waals surface area contributed by atoms with E-state index in [1.165, 1.54) is 64.2 Å². The summed E-state index contributed by atoms with van der Waals surface area (Å²) in [5.74, 6) is 1.70. The molecule has 0 saturated carbocycles. The molecule has 0 aliphatic carbocycles. The summed E-state index contributed by atoms with van der Waals surface area (Å²) in [5, 5.41) is 0. The topological polar surface area (TPSA) is 0 Å². The monoisotopic (exact) mass is 239 g/mol. The molecule has 2 atom stereocenters. The van der Waals surface area contributed by atoms with Crippen LogP contribution >= 0.6 is 0 Å². The van der Waals surface area contributed by atoms with Crippen LogP contribution in [0.4, 0.5) is 0 Å². The highest BCUT2D eigenvalue weighted by atomic mass is 14.2. The van der Waals surface area contributed by atoms with Crippen molar-refractivity contribution in [2.75, 3.05) is 0 Å². The van der Waals surface area contributed by atoms with E-state index in [-0.39, 0.29) is 0 Å². The average Bonchev–Trinajstić information content (AvgIpc) is 2.33. The quantitative estimate of drug-likeness (QED) is 0.345. The number of rotatable bonds is 12. The second-order valence-electron chi connectivity index (χ2n) is 5.68. The van der Waals surface area contributed by atoms with Crippen molar-refractivity contribution in [1.29, 1.82) is 0 Å². The van der Waals surface area contributed by atoms with E-state index >= 15 is 0 Å². The Morgan fingerprint density at radius 2 is 1.41 bits per heavy atom. The molecule has 0 N–H and O–H groups in total. The van der Waals surface area contributed by atoms with E-state index in [1.807, 2.05) is 0 Å². The van der Waals surface area contributed by atoms with Crippen LogP contribution in [0.15, 0.2) is 0 Å². The van der Waals surface area contributed by atoms with Gasteiger partial charge in [0.05, 0.1) is 0 Å². The van der Waals surface area contributed by atoms with E-state index in [4.69, 9.17) is 0 Å². The molecular formula is C17H35. The maximum absolute atomic E-state index is 2.62. The molecule has 103 valence electrons. The molecule has 0 bridgehead atoms. The van der Waals surface area contributed by atoms with Crippen molar-refractivity contribution in [3.8, 4) is 0 Å². The molecule has 1 radical (unpaired) electrons. The van der Waals surface area contributed by atoms with Crippen molar-refractivity contribution in [2.24, 2.45) is 11.8 Å². The lowest BCUT2D eigenvalue weighted by Gasteiger charge is -2.18. The van der Waals surface area contributed by atoms with Gasteiger partial charge in [-0.25, -0.2) is 0 Å². The third-order valence-electron chi connectivity index (χ3n) is 3.80. The minimum atomic E-state index is 0.831. The Morgan fingerprint density at radius 1 is 0.765 bits per heavy atom. The highest BCUT2D eigenvalue weighted by Crippen LogP contribution is 2.23. The van der Waals surface area contributed by atoms with Gasteiger partial charge in [-0.1, -0.05) is 91.9 Å². The Kier molecular flexibility index (Phi) is 12.5. The molecule has 0 amide bonds. The third-order valence-corrected chi connectivity index (χ3v) is 3.80. The van der Waals surface area contributed by atoms with Crippen molar-refractivity contribution in [1.82, 2.24) is 0 Å². The Hall–Kier alpha value is 0. The van der Waals surface area contributed by atoms with Gasteiger partial charge >= 0.3 is 0 Å². The molecule has 0 saturated heterocycles. The first-order valence-electron chi connectivity index (χ1n) is 8.09. The standard InChI is InChI=1S/C17H35/c1-5-8-9-10-11-12-14-16(4)15-17(7-3)13-6-2/h15-17H,5-14H2,1-4H3. The minimum Gasteiger partial charge on any atom is -0.0654 e. The van der Waals surface area contributed by atoms with Crippen LogP contribution in [0, 0.1) is 18.3 Å². The number of unbranched alkanes of at least 4 members (excludes halogenated alkanes) is 5. The maximum atomic E-state index is 2.62. The Morgan fingerprint density at radius 3 is 2.00 bits per heavy atom. The fourth-order valence-corrected chi connectivity index (χ4v) is 2.61. The summed E-state index contributed by atoms with van der Waals surface area (Å²) in [6.07, 6.45) is 16.6. The van der Waals surface area contributed by atoms with Crippen molar-refractivity contribution in [2.45, 2.75) is 91.9 Å². The van der Waals surface area contributed by atoms with E-state index in [1.54, 1.807) is 0 Å². The van der Waals surface area contributed by atoms with E-state index < -0.39 is 0 Å². The average molecular weight is 239 g/mol. The first-order chi connectivity index (χ1) is 8.24. The first-order valence-corrected chi connectivity index (χ1v) is 8.09. The molecule has 0 aromatic heterocycles. The Bertz CT molecular complexity index is 139. The molecule has 0 nitrogen and oxygen atoms in total. The highest BCUT2D eigenvalue weighted by molar-refractivity contribution is 4.80. The van der Waals surface area contributed by atoms with Crippen LogP contribution in [-0.2, 0) is 0 Å². The molecule has 0 heterocycles. The van der Waals surface area contributed by atoms with Gasteiger partial charge in [-0.15, -0.1) is 0 Å². The van der Waals surface area contributed by atoms with E-state index in [0.717, 1.165) is 11.8 Å². The SMILES string of the molecule is CCCCCCCCC(C)[CH]C(CC)CCC. The molecule has 2 unspecified atom stereocenters. The summed E-state index contributed by atoms with van der Waals surface area (Å²) in [5.41, 5.74) is 0. The Labute approximate surface area is 111 Å². The largest absolute Gasteiger partial charge is 0.0654 e. The van der Waals surface area contributed by atoms with E-state index in [2.05, 4.69) is 34.1 Å². The van der Waals surface area contributed by atoms with E-state index in [9.17, 15) is 0 Å². The highest BCUT2D eigenvalue weighted by Gasteiger charge is 2.10. The second kappa shape index (κ2) is 12.5. The molecule has 0 rings (SSSR count). The normalized spacial score (nSPS) is 14.8. The fraction of sp³-hybridized carbons (Fsp3) is 0.941. The van der Waals surface area contributed by atoms with Gasteiger partial charge in [-0.3, -0.25) is 0 Å². The van der Waals surface area contributed by atoms with Crippen LogP contribution in [0.25, 0.3) is 0 Å². The summed E-state index contributed by atoms with van der Waals surface area (Å²) in [4.78, 5) is 0. The van der Waals surface area contributed by atoms with Gasteiger partial charge in [-0.05, 0) is 18.3 Å². The van der Waals surface area contributed by atoms with Crippen LogP contribution in [0.1, 0.15) is 91.9 Å². The van der Waals surface area contributed by atoms with Crippen molar-refractivity contribution in [3.05, 3.63) is 6.42 Å². The summed E-state index contributed by atoms with van der Waals surface area (Å²) < 4.78 is 0. The van der Waals surface area contributed by atoms with Crippen molar-refractivity contribution < 1.29 is 0 Å². The molecule has 17 heavy (non-hydrogen) atoms. The fourth-order valence-electron chi connectivity index (χ4n) is 2.61. The van der Waals surface area contributed by atoms with Crippen LogP contribution in [0.3, 0.4) is 0 Å². The smallest absolute Gasteiger partial charge is 0.0327 e. The molecule has 0 aliphatic heterocycles. The van der Waals surface area contributed by atoms with Crippen molar-refractivity contribution >= 4 is 0 Å². The molecule has 0 aromatic carbocycles. The van der Waals surface area contributed by atoms with Crippen molar-refractivity contribution in [3.63, 3.8) is 0 Å². The second-order valence-corrected chi connectivity index (χ2v) is 5.68. The number of hydrogen-bond acceptors (Lipinski definition) is 0. The maximum Gasteiger partial charge on any atom is -0.0327 e. The lowest BCUT2D eigenvalue weighted by molar-refractivity contribution is 0.434. The predicted molar refractivity (Wildman–Crippen MR) is 80.1 cm³/mol. The molecule has 0 aliphatic rings. The molecule has 0 spiro atoms. The summed E-state index contributed by atoms with van der Waals surface area (Å²) in [6, 6.07) is 0. The van der Waals surface area contributed by atoms with Crippen LogP contribution in [-0.4, -0.2) is 0 Å². The summed E-state index contributed by atoms with van der Waals surface area (Å²) >= 11 is 0. The third kappa shape index (κ3) is 10.9. The summed E-state index contributed by atoms with van der Waals surface area (Å²) in [6.45, 7) is 9.32. The zero-order valence-corrected chi connectivity index (χ0v) is 12.8. The van der Waals surface area contributed by atoms with Gasteiger partial charge in [0.25, 0.3) is 0 Å². The van der Waals surface area contributed by atoms with Gasteiger partial charge in [0, 0.05) is 0 Å². The van der Waals surface area contributed by atoms with Gasteiger partial charge in [0.15, 0.2) is 0 Å². The lowest BCUT2D eigenvalue weighted by Crippen LogP contribution is -2.06. The zero-order valence-electron chi connectivity index (χ0n) is 12.8. The summed E-state index contributed by atoms with van der Waals surface area (Å²) in [7, 11) is 0. The lowest BCUT2D eigenvalue weighted by atomic mass is 9.87. The predicted octanol–water partition coefficient (Wildman–Crippen LogP) is 6.40. The van der Waals surface area contributed by atoms with Gasteiger partial charge in [0.2, 0.25) is 0 Å². The minimum absolute atomic E-state index is 0.831. The first kappa shape index (κ1) is 17.0. The van der Waals surface area contributed by atoms with Gasteiger partial charge < -0.3 is 0 Å². The van der Waals surface area contributed by atoms with Gasteiger partial charge in [0.1, 0.15) is 0 Å². The van der Waals surface area contributed by atoms with Crippen LogP contribution in [0.2, 0.25) is 0 Å². The molecule has 0 fully saturated rings. The molecule has 0 heteroatoms. The van der Waals surface area contributed by atoms with E-state index in [0.29, 0.717) is 0 Å². The molecule has 0 aromatic rings.